The van der Waals surface area contributed by atoms with Crippen LogP contribution in [0.4, 0.5) is 0 Å². The van der Waals surface area contributed by atoms with E-state index in [2.05, 4.69) is 64.8 Å². The molecule has 3 aromatic rings. The summed E-state index contributed by atoms with van der Waals surface area (Å²) in [7, 11) is 0. The number of hydrogen-bond acceptors (Lipinski definition) is 5. The van der Waals surface area contributed by atoms with E-state index in [4.69, 9.17) is 9.47 Å². The minimum Gasteiger partial charge on any atom is -0.490 e. The molecule has 0 N–H and O–H groups in total. The lowest BCUT2D eigenvalue weighted by atomic mass is 10.2. The van der Waals surface area contributed by atoms with Gasteiger partial charge in [-0.05, 0) is 82.8 Å². The van der Waals surface area contributed by atoms with Gasteiger partial charge >= 0.3 is 0 Å². The zero-order chi connectivity index (χ0) is 24.1. The third-order valence-electron chi connectivity index (χ3n) is 5.01. The molecular weight excluding hydrogens is 618 g/mol. The number of aryl methyl sites for hydroxylation is 1. The Bertz CT molecular complexity index is 1240. The van der Waals surface area contributed by atoms with Crippen molar-refractivity contribution in [3.8, 4) is 11.5 Å². The molecule has 2 aromatic carbocycles. The van der Waals surface area contributed by atoms with Crippen molar-refractivity contribution in [3.63, 3.8) is 0 Å². The van der Waals surface area contributed by atoms with Crippen LogP contribution < -0.4 is 15.0 Å². The molecule has 1 atom stereocenters. The third-order valence-corrected chi connectivity index (χ3v) is 7.65. The highest BCUT2D eigenvalue weighted by atomic mass is 79.9. The maximum absolute atomic E-state index is 13.3. The number of nitrogens with zero attached hydrogens (tertiary/aromatic N) is 3. The highest BCUT2D eigenvalue weighted by Gasteiger charge is 2.19. The molecule has 1 heterocycles. The quantitative estimate of drug-likeness (QED) is 0.234. The molecule has 3 rings (SSSR count). The Kier molecular flexibility index (Phi) is 9.12. The van der Waals surface area contributed by atoms with Crippen molar-refractivity contribution < 1.29 is 9.47 Å². The predicted molar refractivity (Wildman–Crippen MR) is 144 cm³/mol. The minimum absolute atomic E-state index is 0.0325. The molecule has 0 unspecified atom stereocenters. The molecule has 0 fully saturated rings. The van der Waals surface area contributed by atoms with Crippen molar-refractivity contribution in [3.05, 3.63) is 59.4 Å². The van der Waals surface area contributed by atoms with Crippen molar-refractivity contribution in [2.45, 2.75) is 53.1 Å². The summed E-state index contributed by atoms with van der Waals surface area (Å²) in [5, 5.41) is 5.05. The largest absolute Gasteiger partial charge is 0.490 e. The fraction of sp³-hybridized carbons (Fsp3) is 0.375. The van der Waals surface area contributed by atoms with Crippen LogP contribution in [0.15, 0.2) is 47.6 Å². The molecule has 33 heavy (non-hydrogen) atoms. The third kappa shape index (κ3) is 5.87. The van der Waals surface area contributed by atoms with Gasteiger partial charge in [-0.15, -0.1) is 0 Å². The summed E-state index contributed by atoms with van der Waals surface area (Å²) in [5.41, 5.74) is 1.19. The molecule has 0 aliphatic rings. The van der Waals surface area contributed by atoms with Crippen molar-refractivity contribution in [2.24, 2.45) is 5.10 Å². The van der Waals surface area contributed by atoms with Gasteiger partial charge < -0.3 is 9.47 Å². The number of benzene rings is 2. The molecule has 0 spiro atoms. The van der Waals surface area contributed by atoms with Gasteiger partial charge in [-0.25, -0.2) is 4.98 Å². The first kappa shape index (κ1) is 25.9. The first-order valence-electron chi connectivity index (χ1n) is 10.9. The topological polar surface area (TPSA) is 65.7 Å². The smallest absolute Gasteiger partial charge is 0.282 e. The maximum Gasteiger partial charge on any atom is 0.282 e. The van der Waals surface area contributed by atoms with Gasteiger partial charge in [0.25, 0.3) is 5.56 Å². The van der Waals surface area contributed by atoms with E-state index < -0.39 is 0 Å². The number of ether oxygens (including phenoxy) is 2. The lowest BCUT2D eigenvalue weighted by Crippen LogP contribution is -2.22. The molecule has 1 aromatic heterocycles. The van der Waals surface area contributed by atoms with Gasteiger partial charge in [-0.3, -0.25) is 4.79 Å². The zero-order valence-electron chi connectivity index (χ0n) is 19.0. The minimum atomic E-state index is -0.210. The second-order valence-corrected chi connectivity index (χ2v) is 9.99. The number of fused-ring (bicyclic) bond motifs is 1. The lowest BCUT2D eigenvalue weighted by molar-refractivity contribution is 0.201. The molecule has 9 heteroatoms. The van der Waals surface area contributed by atoms with E-state index in [1.54, 1.807) is 12.3 Å². The molecular formula is C24H26Br3N3O3. The maximum atomic E-state index is 13.3. The molecule has 0 saturated heterocycles. The first-order chi connectivity index (χ1) is 15.8. The van der Waals surface area contributed by atoms with Crippen LogP contribution in [0.2, 0.25) is 0 Å². The van der Waals surface area contributed by atoms with Crippen LogP contribution in [-0.2, 0) is 6.42 Å². The summed E-state index contributed by atoms with van der Waals surface area (Å²) in [6, 6.07) is 7.35. The van der Waals surface area contributed by atoms with Crippen LogP contribution >= 0.6 is 47.8 Å². The second kappa shape index (κ2) is 11.6. The lowest BCUT2D eigenvalue weighted by Gasteiger charge is -2.19. The Balaban J connectivity index is 2.13. The van der Waals surface area contributed by atoms with E-state index in [9.17, 15) is 4.79 Å². The Hall–Kier alpha value is -1.71. The van der Waals surface area contributed by atoms with Crippen LogP contribution in [0.1, 0.15) is 51.9 Å². The van der Waals surface area contributed by atoms with E-state index in [0.29, 0.717) is 41.3 Å². The standard InChI is InChI=1S/C24H26Br3N3O3/c1-5-8-20-29-18-10-9-16(25)12-17(18)24(31)30(20)28-13-15-11-19(32-7-3)23(22(27)21(15)26)33-14(4)6-2/h9-14H,5-8H2,1-4H3/t14-/m1/s1. The number of aromatic nitrogens is 2. The fourth-order valence-corrected chi connectivity index (χ4v) is 4.45. The summed E-state index contributed by atoms with van der Waals surface area (Å²) < 4.78 is 15.6. The number of rotatable bonds is 9. The van der Waals surface area contributed by atoms with Crippen LogP contribution in [0, 0.1) is 0 Å². The number of halogens is 3. The first-order valence-corrected chi connectivity index (χ1v) is 13.2. The molecule has 0 bridgehead atoms. The summed E-state index contributed by atoms with van der Waals surface area (Å²) in [6.45, 7) is 8.54. The average Bonchev–Trinajstić information content (AvgIpc) is 2.79. The predicted octanol–water partition coefficient (Wildman–Crippen LogP) is 7.09. The van der Waals surface area contributed by atoms with Crippen LogP contribution in [-0.4, -0.2) is 28.6 Å². The van der Waals surface area contributed by atoms with Crippen molar-refractivity contribution in [2.75, 3.05) is 6.61 Å². The molecule has 176 valence electrons. The highest BCUT2D eigenvalue weighted by molar-refractivity contribution is 9.13. The molecule has 0 amide bonds. The van der Waals surface area contributed by atoms with Gasteiger partial charge in [0.15, 0.2) is 11.5 Å². The molecule has 0 aliphatic carbocycles. The zero-order valence-corrected chi connectivity index (χ0v) is 23.8. The Morgan fingerprint density at radius 1 is 1.15 bits per heavy atom. The van der Waals surface area contributed by atoms with Gasteiger partial charge in [0, 0.05) is 20.9 Å². The van der Waals surface area contributed by atoms with E-state index in [0.717, 1.165) is 31.8 Å². The second-order valence-electron chi connectivity index (χ2n) is 7.49. The average molecular weight is 644 g/mol. The van der Waals surface area contributed by atoms with Gasteiger partial charge in [0.2, 0.25) is 0 Å². The Morgan fingerprint density at radius 2 is 1.91 bits per heavy atom. The summed E-state index contributed by atoms with van der Waals surface area (Å²) >= 11 is 10.7. The number of hydrogen-bond donors (Lipinski definition) is 0. The Labute approximate surface area is 218 Å². The summed E-state index contributed by atoms with van der Waals surface area (Å²) in [4.78, 5) is 17.9. The van der Waals surface area contributed by atoms with Gasteiger partial charge in [0.05, 0.1) is 34.3 Å². The summed E-state index contributed by atoms with van der Waals surface area (Å²) in [6.07, 6.45) is 4.01. The fourth-order valence-electron chi connectivity index (χ4n) is 3.17. The van der Waals surface area contributed by atoms with Gasteiger partial charge in [0.1, 0.15) is 5.82 Å². The van der Waals surface area contributed by atoms with Crippen molar-refractivity contribution >= 4 is 64.9 Å². The van der Waals surface area contributed by atoms with Gasteiger partial charge in [-0.1, -0.05) is 29.8 Å². The molecule has 0 radical (unpaired) electrons. The highest BCUT2D eigenvalue weighted by Crippen LogP contribution is 2.43. The van der Waals surface area contributed by atoms with E-state index in [-0.39, 0.29) is 11.7 Å². The van der Waals surface area contributed by atoms with E-state index in [1.807, 2.05) is 39.0 Å². The molecule has 6 nitrogen and oxygen atoms in total. The van der Waals surface area contributed by atoms with Crippen molar-refractivity contribution in [1.82, 2.24) is 9.66 Å². The normalized spacial score (nSPS) is 12.5. The molecule has 0 aliphatic heterocycles. The van der Waals surface area contributed by atoms with Crippen LogP contribution in [0.5, 0.6) is 11.5 Å². The Morgan fingerprint density at radius 3 is 2.58 bits per heavy atom. The van der Waals surface area contributed by atoms with Crippen LogP contribution in [0.25, 0.3) is 10.9 Å². The van der Waals surface area contributed by atoms with E-state index in [1.165, 1.54) is 4.68 Å². The van der Waals surface area contributed by atoms with Gasteiger partial charge in [-0.2, -0.15) is 9.78 Å². The van der Waals surface area contributed by atoms with E-state index >= 15 is 0 Å². The van der Waals surface area contributed by atoms with Crippen molar-refractivity contribution in [1.29, 1.82) is 0 Å². The monoisotopic (exact) mass is 641 g/mol. The molecule has 0 saturated carbocycles. The summed E-state index contributed by atoms with van der Waals surface area (Å²) in [5.74, 6) is 1.86. The van der Waals surface area contributed by atoms with Crippen LogP contribution in [0.3, 0.4) is 0 Å². The SMILES string of the molecule is CCCc1nc2ccc(Br)cc2c(=O)n1N=Cc1cc(OCC)c(O[C@H](C)CC)c(Br)c1Br.